The van der Waals surface area contributed by atoms with Gasteiger partial charge in [0.05, 0.1) is 28.5 Å². The fraction of sp³-hybridized carbons (Fsp3) is 0.0222. The summed E-state index contributed by atoms with van der Waals surface area (Å²) in [5, 5.41) is 0. The average Bonchev–Trinajstić information content (AvgIpc) is 3.98. The van der Waals surface area contributed by atoms with Gasteiger partial charge in [-0.25, -0.2) is 9.98 Å². The predicted octanol–water partition coefficient (Wildman–Crippen LogP) is 8.74. The highest BCUT2D eigenvalue weighted by Gasteiger charge is 2.24. The van der Waals surface area contributed by atoms with Gasteiger partial charge in [-0.15, -0.1) is 11.3 Å². The zero-order chi connectivity index (χ0) is 32.7. The molecule has 0 aliphatic carbocycles. The standard InChI is InChI=1S/C45H31N3S/c1-48-29-34-28-39(48)43(31-16-8-3-9-17-31)36-23-25-38(47-36)45(33-20-12-5-13-21-33)41-27-26-40(49-41)44(32-18-10-4-11-19-32)37-24-22-35(46-37)42(34)30-14-6-2-7-15-30/h2-29H,1H3. The molecule has 6 aromatic rings. The molecule has 9 rings (SSSR count). The lowest BCUT2D eigenvalue weighted by atomic mass is 9.96. The Hall–Kier alpha value is -6.10. The number of fused-ring (bicyclic) bond motifs is 6. The number of aryl methyl sites for hydroxylation is 1. The largest absolute Gasteiger partial charge is 0.350 e. The number of thiophene rings is 1. The van der Waals surface area contributed by atoms with Gasteiger partial charge in [0.2, 0.25) is 0 Å². The van der Waals surface area contributed by atoms with Gasteiger partial charge in [-0.1, -0.05) is 121 Å². The first-order chi connectivity index (χ1) is 24.2. The molecule has 8 bridgehead atoms. The average molecular weight is 646 g/mol. The van der Waals surface area contributed by atoms with Crippen LogP contribution in [0.2, 0.25) is 0 Å². The Kier molecular flexibility index (Phi) is 7.22. The van der Waals surface area contributed by atoms with Gasteiger partial charge in [-0.05, 0) is 64.8 Å². The van der Waals surface area contributed by atoms with Crippen LogP contribution in [0.1, 0.15) is 33.5 Å². The van der Waals surface area contributed by atoms with Gasteiger partial charge >= 0.3 is 0 Å². The number of rotatable bonds is 4. The molecule has 4 heteroatoms. The highest BCUT2D eigenvalue weighted by Crippen LogP contribution is 2.37. The van der Waals surface area contributed by atoms with Crippen LogP contribution in [0.4, 0.5) is 0 Å². The molecule has 0 saturated heterocycles. The SMILES string of the molecule is Cn1cc2cc1C(c1ccccc1)=C1C=CC(=N1)C(c1ccccc1)=c1ccc(s1)=C(c1ccccc1)C1=NC(=C2c2ccccc2)C=C1. The van der Waals surface area contributed by atoms with Gasteiger partial charge < -0.3 is 4.57 Å². The fourth-order valence-electron chi connectivity index (χ4n) is 6.98. The third-order valence-electron chi connectivity index (χ3n) is 9.20. The molecule has 232 valence electrons. The Morgan fingerprint density at radius 3 is 1.31 bits per heavy atom. The van der Waals surface area contributed by atoms with Crippen LogP contribution in [-0.4, -0.2) is 16.0 Å². The summed E-state index contributed by atoms with van der Waals surface area (Å²) in [7, 11) is 2.13. The van der Waals surface area contributed by atoms with Crippen molar-refractivity contribution in [1.29, 1.82) is 0 Å². The van der Waals surface area contributed by atoms with Crippen LogP contribution in [-0.2, 0) is 7.05 Å². The molecule has 49 heavy (non-hydrogen) atoms. The van der Waals surface area contributed by atoms with E-state index in [2.05, 4.69) is 182 Å². The molecule has 0 atom stereocenters. The van der Waals surface area contributed by atoms with Crippen molar-refractivity contribution in [1.82, 2.24) is 4.57 Å². The maximum absolute atomic E-state index is 5.42. The lowest BCUT2D eigenvalue weighted by Crippen LogP contribution is -2.12. The second-order valence-corrected chi connectivity index (χ2v) is 13.4. The number of allylic oxidation sites excluding steroid dienone is 4. The Morgan fingerprint density at radius 2 is 0.837 bits per heavy atom. The maximum Gasteiger partial charge on any atom is 0.0737 e. The van der Waals surface area contributed by atoms with Gasteiger partial charge in [0.1, 0.15) is 0 Å². The minimum atomic E-state index is 0.942. The van der Waals surface area contributed by atoms with Gasteiger partial charge in [0.15, 0.2) is 0 Å². The fourth-order valence-corrected chi connectivity index (χ4v) is 8.14. The van der Waals surface area contributed by atoms with Crippen LogP contribution in [0.5, 0.6) is 0 Å². The predicted molar refractivity (Wildman–Crippen MR) is 205 cm³/mol. The molecule has 0 fully saturated rings. The second kappa shape index (κ2) is 12.2. The molecule has 3 aliphatic heterocycles. The van der Waals surface area contributed by atoms with E-state index in [-0.39, 0.29) is 0 Å². The molecule has 5 heterocycles. The minimum absolute atomic E-state index is 0.942. The number of aliphatic imine (C=N–C) groups is 2. The summed E-state index contributed by atoms with van der Waals surface area (Å²) in [4.78, 5) is 10.8. The summed E-state index contributed by atoms with van der Waals surface area (Å²) in [6, 6.07) is 49.3. The van der Waals surface area contributed by atoms with Crippen LogP contribution in [0.25, 0.3) is 22.3 Å². The lowest BCUT2D eigenvalue weighted by Gasteiger charge is -2.12. The van der Waals surface area contributed by atoms with Gasteiger partial charge in [-0.3, -0.25) is 0 Å². The van der Waals surface area contributed by atoms with Crippen molar-refractivity contribution < 1.29 is 0 Å². The summed E-state index contributed by atoms with van der Waals surface area (Å²) in [5.74, 6) is 0. The number of nitrogens with zero attached hydrogens (tertiary/aromatic N) is 3. The molecule has 0 spiro atoms. The number of hydrogen-bond acceptors (Lipinski definition) is 3. The molecule has 3 aliphatic rings. The summed E-state index contributed by atoms with van der Waals surface area (Å²) in [5.41, 5.74) is 15.0. The molecular weight excluding hydrogens is 615 g/mol. The van der Waals surface area contributed by atoms with Crippen molar-refractivity contribution in [3.05, 3.63) is 224 Å². The topological polar surface area (TPSA) is 29.6 Å². The normalized spacial score (nSPS) is 15.3. The van der Waals surface area contributed by atoms with E-state index in [1.807, 2.05) is 0 Å². The lowest BCUT2D eigenvalue weighted by molar-refractivity contribution is 0.907. The van der Waals surface area contributed by atoms with Crippen LogP contribution in [0.3, 0.4) is 0 Å². The molecule has 2 aromatic heterocycles. The van der Waals surface area contributed by atoms with Gasteiger partial charge in [-0.2, -0.15) is 0 Å². The molecule has 0 amide bonds. The van der Waals surface area contributed by atoms with E-state index in [4.69, 9.17) is 9.98 Å². The van der Waals surface area contributed by atoms with E-state index in [1.54, 1.807) is 11.3 Å². The molecule has 0 N–H and O–H groups in total. The Bertz CT molecular complexity index is 2560. The molecular formula is C45H31N3S. The zero-order valence-corrected chi connectivity index (χ0v) is 27.7. The van der Waals surface area contributed by atoms with Gasteiger partial charge in [0.25, 0.3) is 0 Å². The zero-order valence-electron chi connectivity index (χ0n) is 26.9. The second-order valence-electron chi connectivity index (χ2n) is 12.3. The molecule has 4 aromatic carbocycles. The van der Waals surface area contributed by atoms with Crippen molar-refractivity contribution in [2.75, 3.05) is 0 Å². The highest BCUT2D eigenvalue weighted by atomic mass is 32.1. The smallest absolute Gasteiger partial charge is 0.0737 e. The van der Waals surface area contributed by atoms with Crippen molar-refractivity contribution in [3.63, 3.8) is 0 Å². The van der Waals surface area contributed by atoms with Gasteiger partial charge in [0, 0.05) is 50.2 Å². The van der Waals surface area contributed by atoms with Crippen LogP contribution < -0.4 is 9.06 Å². The summed E-state index contributed by atoms with van der Waals surface area (Å²) in [6.45, 7) is 0. The van der Waals surface area contributed by atoms with E-state index in [0.717, 1.165) is 87.7 Å². The third kappa shape index (κ3) is 5.23. The highest BCUT2D eigenvalue weighted by molar-refractivity contribution is 7.08. The van der Waals surface area contributed by atoms with Crippen LogP contribution >= 0.6 is 11.3 Å². The number of hydrogen-bond donors (Lipinski definition) is 0. The molecule has 3 nitrogen and oxygen atoms in total. The van der Waals surface area contributed by atoms with Crippen molar-refractivity contribution in [2.24, 2.45) is 17.0 Å². The van der Waals surface area contributed by atoms with Crippen molar-refractivity contribution >= 4 is 45.1 Å². The molecule has 0 unspecified atom stereocenters. The summed E-state index contributed by atoms with van der Waals surface area (Å²) < 4.78 is 4.56. The first-order valence-corrected chi connectivity index (χ1v) is 17.3. The Morgan fingerprint density at radius 1 is 0.429 bits per heavy atom. The minimum Gasteiger partial charge on any atom is -0.350 e. The monoisotopic (exact) mass is 645 g/mol. The third-order valence-corrected chi connectivity index (χ3v) is 10.3. The van der Waals surface area contributed by atoms with Crippen molar-refractivity contribution in [2.45, 2.75) is 0 Å². The number of aromatic nitrogens is 1. The van der Waals surface area contributed by atoms with E-state index in [1.165, 1.54) is 0 Å². The maximum atomic E-state index is 5.42. The Balaban J connectivity index is 1.44. The molecule has 0 radical (unpaired) electrons. The van der Waals surface area contributed by atoms with E-state index < -0.39 is 0 Å². The summed E-state index contributed by atoms with van der Waals surface area (Å²) >= 11 is 1.79. The van der Waals surface area contributed by atoms with E-state index >= 15 is 0 Å². The molecule has 0 saturated carbocycles. The van der Waals surface area contributed by atoms with Crippen LogP contribution in [0.15, 0.2) is 191 Å². The van der Waals surface area contributed by atoms with E-state index in [0.29, 0.717) is 0 Å². The van der Waals surface area contributed by atoms with Crippen molar-refractivity contribution in [3.8, 4) is 0 Å². The Labute approximate surface area is 289 Å². The van der Waals surface area contributed by atoms with Crippen LogP contribution in [0, 0.1) is 0 Å². The quantitative estimate of drug-likeness (QED) is 0.184. The number of benzene rings is 4. The van der Waals surface area contributed by atoms with E-state index in [9.17, 15) is 0 Å². The first-order valence-electron chi connectivity index (χ1n) is 16.5. The summed E-state index contributed by atoms with van der Waals surface area (Å²) in [6.07, 6.45) is 10.9. The first kappa shape index (κ1) is 29.1.